The van der Waals surface area contributed by atoms with Crippen LogP contribution in [-0.2, 0) is 36.8 Å². The first kappa shape index (κ1) is 30.9. The summed E-state index contributed by atoms with van der Waals surface area (Å²) < 4.78 is 143. The van der Waals surface area contributed by atoms with Crippen molar-refractivity contribution in [1.29, 1.82) is 0 Å². The van der Waals surface area contributed by atoms with Crippen molar-refractivity contribution >= 4 is 25.6 Å². The number of amides is 1. The van der Waals surface area contributed by atoms with Gasteiger partial charge in [-0.25, -0.2) is 21.2 Å². The largest absolute Gasteiger partial charge is 0.416 e. The van der Waals surface area contributed by atoms with Crippen LogP contribution in [0, 0.1) is 0 Å². The first-order valence-electron chi connectivity index (χ1n) is 11.5. The fourth-order valence-electron chi connectivity index (χ4n) is 4.13. The number of alkyl halides is 7. The molecular formula is C24H24F7NO5S2. The summed E-state index contributed by atoms with van der Waals surface area (Å²) in [5, 5.41) is -0.545. The maximum absolute atomic E-state index is 15.6. The van der Waals surface area contributed by atoms with Gasteiger partial charge in [0.05, 0.1) is 20.9 Å². The summed E-state index contributed by atoms with van der Waals surface area (Å²) >= 11 is 0. The van der Waals surface area contributed by atoms with Crippen molar-refractivity contribution in [2.24, 2.45) is 0 Å². The third kappa shape index (κ3) is 5.93. The average Bonchev–Trinajstić information content (AvgIpc) is 2.84. The van der Waals surface area contributed by atoms with E-state index in [1.807, 2.05) is 0 Å². The van der Waals surface area contributed by atoms with Gasteiger partial charge >= 0.3 is 12.4 Å². The van der Waals surface area contributed by atoms with Gasteiger partial charge in [0, 0.05) is 6.04 Å². The highest BCUT2D eigenvalue weighted by Crippen LogP contribution is 2.42. The van der Waals surface area contributed by atoms with Gasteiger partial charge in [0.25, 0.3) is 0 Å². The molecule has 0 unspecified atom stereocenters. The fourth-order valence-corrected chi connectivity index (χ4v) is 7.30. The highest BCUT2D eigenvalue weighted by atomic mass is 32.2. The number of hydrogen-bond acceptors (Lipinski definition) is 5. The molecule has 15 heteroatoms. The molecule has 1 saturated carbocycles. The Morgan fingerprint density at radius 1 is 0.821 bits per heavy atom. The van der Waals surface area contributed by atoms with Crippen molar-refractivity contribution < 1.29 is 52.4 Å². The number of hydrogen-bond donors (Lipinski definition) is 1. The Bertz CT molecular complexity index is 1460. The standard InChI is InChI=1S/C24H24F7NO5S2/c1-21(2,38(34,35)18-7-3-5-15(13-18)23(26,27)28)20(33)32-17-9-11-22(25,12-10-17)39(36,37)19-8-4-6-16(14-19)24(29,30)31/h3-8,13-14,17H,9-12H2,1-2H3,(H,32,33). The van der Waals surface area contributed by atoms with Crippen LogP contribution in [0.3, 0.4) is 0 Å². The van der Waals surface area contributed by atoms with E-state index < -0.39 is 87.5 Å². The van der Waals surface area contributed by atoms with Gasteiger partial charge in [0.2, 0.25) is 20.7 Å². The maximum atomic E-state index is 15.6. The lowest BCUT2D eigenvalue weighted by molar-refractivity contribution is -0.138. The van der Waals surface area contributed by atoms with Gasteiger partial charge in [-0.3, -0.25) is 4.79 Å². The third-order valence-corrected chi connectivity index (χ3v) is 11.4. The van der Waals surface area contributed by atoms with E-state index in [0.717, 1.165) is 38.1 Å². The monoisotopic (exact) mass is 603 g/mol. The zero-order chi connectivity index (χ0) is 29.7. The van der Waals surface area contributed by atoms with Crippen LogP contribution in [0.15, 0.2) is 58.3 Å². The molecule has 0 atom stereocenters. The Labute approximate surface area is 220 Å². The van der Waals surface area contributed by atoms with E-state index in [1.54, 1.807) is 0 Å². The van der Waals surface area contributed by atoms with Crippen LogP contribution in [0.1, 0.15) is 50.7 Å². The summed E-state index contributed by atoms with van der Waals surface area (Å²) in [6.07, 6.45) is -11.7. The normalized spacial score (nSPS) is 21.4. The van der Waals surface area contributed by atoms with E-state index >= 15 is 4.39 Å². The van der Waals surface area contributed by atoms with Crippen LogP contribution in [0.25, 0.3) is 0 Å². The summed E-state index contributed by atoms with van der Waals surface area (Å²) in [7, 11) is -9.51. The van der Waals surface area contributed by atoms with Crippen molar-refractivity contribution in [1.82, 2.24) is 5.32 Å². The minimum Gasteiger partial charge on any atom is -0.352 e. The quantitative estimate of drug-likeness (QED) is 0.442. The average molecular weight is 604 g/mol. The van der Waals surface area contributed by atoms with E-state index in [9.17, 15) is 48.0 Å². The molecule has 2 aromatic rings. The predicted molar refractivity (Wildman–Crippen MR) is 126 cm³/mol. The smallest absolute Gasteiger partial charge is 0.352 e. The summed E-state index contributed by atoms with van der Waals surface area (Å²) in [5.74, 6) is -1.10. The van der Waals surface area contributed by atoms with Gasteiger partial charge in [-0.05, 0) is 75.9 Å². The molecule has 0 bridgehead atoms. The first-order chi connectivity index (χ1) is 17.6. The third-order valence-electron chi connectivity index (χ3n) is 6.71. The number of rotatable bonds is 6. The van der Waals surface area contributed by atoms with Crippen molar-refractivity contribution in [2.75, 3.05) is 0 Å². The molecule has 0 spiro atoms. The first-order valence-corrected chi connectivity index (χ1v) is 14.4. The summed E-state index contributed by atoms with van der Waals surface area (Å²) in [6.45, 7) is 1.97. The van der Waals surface area contributed by atoms with Gasteiger partial charge in [0.1, 0.15) is 4.75 Å². The van der Waals surface area contributed by atoms with E-state index in [4.69, 9.17) is 0 Å². The molecule has 1 aliphatic carbocycles. The van der Waals surface area contributed by atoms with Crippen molar-refractivity contribution in [2.45, 2.75) is 77.5 Å². The minimum atomic E-state index is -4.87. The SMILES string of the molecule is CC(C)(C(=O)NC1CCC(F)(S(=O)(=O)c2cccc(C(F)(F)F)c2)CC1)S(=O)(=O)c1cccc(C(F)(F)F)c1. The molecular weight excluding hydrogens is 579 g/mol. The fraction of sp³-hybridized carbons (Fsp3) is 0.458. The Morgan fingerprint density at radius 3 is 1.72 bits per heavy atom. The zero-order valence-electron chi connectivity index (χ0n) is 20.5. The van der Waals surface area contributed by atoms with E-state index in [-0.39, 0.29) is 12.8 Å². The van der Waals surface area contributed by atoms with E-state index in [2.05, 4.69) is 5.32 Å². The molecule has 1 amide bonds. The Hall–Kier alpha value is -2.68. The second kappa shape index (κ2) is 10.1. The second-order valence-electron chi connectivity index (χ2n) is 9.70. The molecule has 6 nitrogen and oxygen atoms in total. The van der Waals surface area contributed by atoms with Crippen LogP contribution in [-0.4, -0.2) is 38.5 Å². The Balaban J connectivity index is 1.75. The highest BCUT2D eigenvalue weighted by Gasteiger charge is 2.50. The topological polar surface area (TPSA) is 97.4 Å². The molecule has 39 heavy (non-hydrogen) atoms. The van der Waals surface area contributed by atoms with Crippen LogP contribution < -0.4 is 5.32 Å². The number of benzene rings is 2. The van der Waals surface area contributed by atoms with Crippen molar-refractivity contribution in [3.63, 3.8) is 0 Å². The second-order valence-corrected chi connectivity index (χ2v) is 14.4. The number of carbonyl (C=O) groups excluding carboxylic acids is 1. The number of halogens is 7. The molecule has 1 N–H and O–H groups in total. The van der Waals surface area contributed by atoms with Gasteiger partial charge < -0.3 is 5.32 Å². The molecule has 0 heterocycles. The summed E-state index contributed by atoms with van der Waals surface area (Å²) in [6, 6.07) is 4.66. The lowest BCUT2D eigenvalue weighted by atomic mass is 9.93. The lowest BCUT2D eigenvalue weighted by Gasteiger charge is -2.35. The number of sulfone groups is 2. The van der Waals surface area contributed by atoms with Gasteiger partial charge in [-0.15, -0.1) is 0 Å². The highest BCUT2D eigenvalue weighted by molar-refractivity contribution is 7.93. The lowest BCUT2D eigenvalue weighted by Crippen LogP contribution is -2.53. The molecule has 1 aliphatic rings. The maximum Gasteiger partial charge on any atom is 0.416 e. The molecule has 0 saturated heterocycles. The Morgan fingerprint density at radius 2 is 1.26 bits per heavy atom. The predicted octanol–water partition coefficient (Wildman–Crippen LogP) is 5.48. The molecule has 1 fully saturated rings. The Kier molecular flexibility index (Phi) is 7.96. The zero-order valence-corrected chi connectivity index (χ0v) is 22.2. The molecule has 2 aromatic carbocycles. The van der Waals surface area contributed by atoms with Crippen LogP contribution in [0.4, 0.5) is 30.7 Å². The number of carbonyl (C=O) groups is 1. The van der Waals surface area contributed by atoms with Crippen LogP contribution >= 0.6 is 0 Å². The molecule has 3 rings (SSSR count). The van der Waals surface area contributed by atoms with Gasteiger partial charge in [0.15, 0.2) is 9.84 Å². The van der Waals surface area contributed by atoms with Gasteiger partial charge in [-0.1, -0.05) is 12.1 Å². The van der Waals surface area contributed by atoms with E-state index in [0.29, 0.717) is 24.3 Å². The van der Waals surface area contributed by atoms with Crippen molar-refractivity contribution in [3.05, 3.63) is 59.7 Å². The van der Waals surface area contributed by atoms with E-state index in [1.165, 1.54) is 0 Å². The molecule has 0 aliphatic heterocycles. The van der Waals surface area contributed by atoms with Crippen molar-refractivity contribution in [3.8, 4) is 0 Å². The number of nitrogens with one attached hydrogen (secondary N) is 1. The molecule has 216 valence electrons. The minimum absolute atomic E-state index is 0.292. The van der Waals surface area contributed by atoms with Crippen LogP contribution in [0.5, 0.6) is 0 Å². The van der Waals surface area contributed by atoms with Crippen LogP contribution in [0.2, 0.25) is 0 Å². The summed E-state index contributed by atoms with van der Waals surface area (Å²) in [4.78, 5) is 11.3. The van der Waals surface area contributed by atoms with Gasteiger partial charge in [-0.2, -0.15) is 26.3 Å². The molecule has 0 aromatic heterocycles. The molecule has 0 radical (unpaired) electrons. The summed E-state index contributed by atoms with van der Waals surface area (Å²) in [5.41, 5.74) is -2.49.